The molecule has 0 nitrogen and oxygen atoms in total. The summed E-state index contributed by atoms with van der Waals surface area (Å²) in [6, 6.07) is 34.3. The van der Waals surface area contributed by atoms with Gasteiger partial charge in [-0.3, -0.25) is 0 Å². The SMILES string of the molecule is C(#C[P+](c1ccccc1)(c1ccccc1)c1ccccc1)c1ccsc1. The Morgan fingerprint density at radius 1 is 0.577 bits per heavy atom. The van der Waals surface area contributed by atoms with Crippen LogP contribution in [0.3, 0.4) is 0 Å². The number of hydrogen-bond donors (Lipinski definition) is 0. The minimum absolute atomic E-state index is 1.09. The van der Waals surface area contributed by atoms with Crippen LogP contribution in [0.5, 0.6) is 0 Å². The van der Waals surface area contributed by atoms with Crippen molar-refractivity contribution in [3.05, 3.63) is 113 Å². The molecule has 0 saturated heterocycles. The van der Waals surface area contributed by atoms with Crippen LogP contribution in [0.25, 0.3) is 0 Å². The second kappa shape index (κ2) is 7.71. The average Bonchev–Trinajstić information content (AvgIpc) is 3.25. The molecule has 0 spiro atoms. The lowest BCUT2D eigenvalue weighted by Gasteiger charge is -2.21. The molecule has 2 heteroatoms. The van der Waals surface area contributed by atoms with Gasteiger partial charge in [-0.05, 0) is 53.8 Å². The molecule has 0 aliphatic rings. The summed E-state index contributed by atoms with van der Waals surface area (Å²) in [6.45, 7) is 0. The summed E-state index contributed by atoms with van der Waals surface area (Å²) in [7, 11) is -2.05. The fraction of sp³-hybridized carbons (Fsp3) is 0. The van der Waals surface area contributed by atoms with E-state index in [9.17, 15) is 0 Å². The van der Waals surface area contributed by atoms with Gasteiger partial charge in [0.1, 0.15) is 15.9 Å². The third-order valence-electron chi connectivity index (χ3n) is 4.32. The van der Waals surface area contributed by atoms with Crippen molar-refractivity contribution >= 4 is 34.5 Å². The molecular weight excluding hydrogens is 351 g/mol. The minimum Gasteiger partial charge on any atom is -0.151 e. The fourth-order valence-electron chi connectivity index (χ4n) is 3.08. The first-order valence-corrected chi connectivity index (χ1v) is 11.2. The number of thiophene rings is 1. The van der Waals surface area contributed by atoms with Crippen molar-refractivity contribution in [3.63, 3.8) is 0 Å². The monoisotopic (exact) mass is 369 g/mol. The van der Waals surface area contributed by atoms with E-state index in [0.717, 1.165) is 5.56 Å². The van der Waals surface area contributed by atoms with Gasteiger partial charge in [-0.2, -0.15) is 11.3 Å². The van der Waals surface area contributed by atoms with Crippen LogP contribution in [0.15, 0.2) is 108 Å². The van der Waals surface area contributed by atoms with Gasteiger partial charge in [-0.25, -0.2) is 0 Å². The van der Waals surface area contributed by atoms with Gasteiger partial charge < -0.3 is 0 Å². The Hall–Kier alpha value is -2.65. The molecule has 0 fully saturated rings. The third-order valence-corrected chi connectivity index (χ3v) is 8.67. The molecule has 0 saturated carbocycles. The minimum atomic E-state index is -2.05. The molecule has 1 heterocycles. The van der Waals surface area contributed by atoms with Crippen molar-refractivity contribution in [1.82, 2.24) is 0 Å². The quantitative estimate of drug-likeness (QED) is 0.350. The van der Waals surface area contributed by atoms with Crippen molar-refractivity contribution in [1.29, 1.82) is 0 Å². The molecule has 0 amide bonds. The predicted octanol–water partition coefficient (Wildman–Crippen LogP) is 5.05. The van der Waals surface area contributed by atoms with Gasteiger partial charge >= 0.3 is 0 Å². The Bertz CT molecular complexity index is 915. The van der Waals surface area contributed by atoms with Crippen molar-refractivity contribution in [2.75, 3.05) is 0 Å². The van der Waals surface area contributed by atoms with E-state index in [1.807, 2.05) is 0 Å². The maximum atomic E-state index is 3.75. The van der Waals surface area contributed by atoms with E-state index in [0.29, 0.717) is 0 Å². The molecule has 0 aliphatic heterocycles. The second-order valence-electron chi connectivity index (χ2n) is 5.93. The Morgan fingerprint density at radius 3 is 1.42 bits per heavy atom. The van der Waals surface area contributed by atoms with Gasteiger partial charge in [0.25, 0.3) is 0 Å². The average molecular weight is 369 g/mol. The van der Waals surface area contributed by atoms with Crippen LogP contribution in [0.2, 0.25) is 0 Å². The van der Waals surface area contributed by atoms with E-state index in [2.05, 4.69) is 119 Å². The first-order valence-electron chi connectivity index (χ1n) is 8.51. The topological polar surface area (TPSA) is 0 Å². The Labute approximate surface area is 159 Å². The summed E-state index contributed by atoms with van der Waals surface area (Å²) in [4.78, 5) is 0. The fourth-order valence-corrected chi connectivity index (χ4v) is 7.10. The Kier molecular flexibility index (Phi) is 4.98. The highest BCUT2D eigenvalue weighted by atomic mass is 32.1. The van der Waals surface area contributed by atoms with Gasteiger partial charge in [0.15, 0.2) is 7.26 Å². The van der Waals surface area contributed by atoms with E-state index in [4.69, 9.17) is 0 Å². The van der Waals surface area contributed by atoms with Crippen LogP contribution >= 0.6 is 18.6 Å². The zero-order valence-electron chi connectivity index (χ0n) is 14.2. The molecule has 124 valence electrons. The van der Waals surface area contributed by atoms with Gasteiger partial charge in [-0.15, -0.1) is 0 Å². The van der Waals surface area contributed by atoms with Crippen molar-refractivity contribution in [2.45, 2.75) is 0 Å². The van der Waals surface area contributed by atoms with Gasteiger partial charge in [0.05, 0.1) is 5.66 Å². The largest absolute Gasteiger partial charge is 0.189 e. The molecule has 0 unspecified atom stereocenters. The molecule has 4 aromatic rings. The van der Waals surface area contributed by atoms with E-state index < -0.39 is 7.26 Å². The third kappa shape index (κ3) is 3.23. The maximum absolute atomic E-state index is 3.75. The lowest BCUT2D eigenvalue weighted by molar-refractivity contribution is 1.73. The van der Waals surface area contributed by atoms with E-state index >= 15 is 0 Å². The molecule has 0 atom stereocenters. The smallest absolute Gasteiger partial charge is 0.151 e. The first kappa shape index (κ1) is 16.8. The zero-order valence-corrected chi connectivity index (χ0v) is 16.0. The van der Waals surface area contributed by atoms with Gasteiger partial charge in [0.2, 0.25) is 0 Å². The second-order valence-corrected chi connectivity index (χ2v) is 9.82. The zero-order chi connectivity index (χ0) is 17.7. The maximum Gasteiger partial charge on any atom is 0.189 e. The van der Waals surface area contributed by atoms with E-state index in [1.54, 1.807) is 11.3 Å². The van der Waals surface area contributed by atoms with Gasteiger partial charge in [-0.1, -0.05) is 54.6 Å². The Balaban J connectivity index is 2.03. The lowest BCUT2D eigenvalue weighted by atomic mass is 10.3. The van der Waals surface area contributed by atoms with Crippen LogP contribution in [0.4, 0.5) is 0 Å². The highest BCUT2D eigenvalue weighted by Crippen LogP contribution is 2.54. The highest BCUT2D eigenvalue weighted by Gasteiger charge is 2.44. The van der Waals surface area contributed by atoms with Crippen LogP contribution in [-0.2, 0) is 0 Å². The summed E-state index contributed by atoms with van der Waals surface area (Å²) in [5, 5.41) is 8.07. The van der Waals surface area contributed by atoms with E-state index in [-0.39, 0.29) is 0 Å². The van der Waals surface area contributed by atoms with Crippen LogP contribution in [0, 0.1) is 11.6 Å². The molecule has 26 heavy (non-hydrogen) atoms. The normalized spacial score (nSPS) is 10.8. The number of hydrogen-bond acceptors (Lipinski definition) is 1. The molecular formula is C24H18PS+. The summed E-state index contributed by atoms with van der Waals surface area (Å²) >= 11 is 1.69. The molecule has 0 bridgehead atoms. The predicted molar refractivity (Wildman–Crippen MR) is 116 cm³/mol. The Morgan fingerprint density at radius 2 is 1.04 bits per heavy atom. The molecule has 4 rings (SSSR count). The summed E-state index contributed by atoms with van der Waals surface area (Å²) in [5.74, 6) is 3.47. The molecule has 3 aromatic carbocycles. The molecule has 0 aliphatic carbocycles. The first-order chi connectivity index (χ1) is 12.9. The van der Waals surface area contributed by atoms with Gasteiger partial charge in [0, 0.05) is 10.9 Å². The highest BCUT2D eigenvalue weighted by molar-refractivity contribution is 7.99. The van der Waals surface area contributed by atoms with Crippen molar-refractivity contribution in [2.24, 2.45) is 0 Å². The van der Waals surface area contributed by atoms with Crippen LogP contribution < -0.4 is 15.9 Å². The summed E-state index contributed by atoms with van der Waals surface area (Å²) in [5.41, 5.74) is 4.84. The number of rotatable bonds is 3. The standard InChI is InChI=1S/C24H18PS/c1-4-10-22(11-5-1)25(23-12-6-2-7-13-23,24-14-8-3-9-15-24)18-16-21-17-19-26-20-21/h1-15,17,19-20H/q+1. The molecule has 0 N–H and O–H groups in total. The van der Waals surface area contributed by atoms with Crippen molar-refractivity contribution < 1.29 is 0 Å². The van der Waals surface area contributed by atoms with Crippen LogP contribution in [-0.4, -0.2) is 0 Å². The summed E-state index contributed by atoms with van der Waals surface area (Å²) < 4.78 is 0. The number of benzene rings is 3. The van der Waals surface area contributed by atoms with Crippen LogP contribution in [0.1, 0.15) is 5.56 Å². The molecule has 0 radical (unpaired) electrons. The molecule has 1 aromatic heterocycles. The lowest BCUT2D eigenvalue weighted by Crippen LogP contribution is -2.29. The van der Waals surface area contributed by atoms with E-state index in [1.165, 1.54) is 15.9 Å². The van der Waals surface area contributed by atoms with Crippen molar-refractivity contribution in [3.8, 4) is 11.6 Å². The summed E-state index contributed by atoms with van der Waals surface area (Å²) in [6.07, 6.45) is 0.